The van der Waals surface area contributed by atoms with Crippen LogP contribution < -0.4 is 5.32 Å². The lowest BCUT2D eigenvalue weighted by molar-refractivity contribution is 0.187. The Labute approximate surface area is 89.5 Å². The lowest BCUT2D eigenvalue weighted by Gasteiger charge is -2.04. The number of hydrogen-bond acceptors (Lipinski definition) is 4. The number of nitrogens with one attached hydrogen (secondary N) is 1. The molecule has 0 aliphatic heterocycles. The molecule has 0 bridgehead atoms. The molecule has 1 rings (SSSR count). The molecule has 1 heterocycles. The van der Waals surface area contributed by atoms with Crippen molar-refractivity contribution in [3.8, 4) is 0 Å². The van der Waals surface area contributed by atoms with E-state index in [0.29, 0.717) is 12.6 Å². The molecule has 1 aromatic heterocycles. The van der Waals surface area contributed by atoms with Gasteiger partial charge in [-0.1, -0.05) is 13.8 Å². The number of methoxy groups -OCH3 is 1. The van der Waals surface area contributed by atoms with Crippen molar-refractivity contribution in [2.24, 2.45) is 0 Å². The maximum atomic E-state index is 5.10. The largest absolute Gasteiger partial charge is 0.379 e. The minimum atomic E-state index is 0.505. The molecule has 3 nitrogen and oxygen atoms in total. The van der Waals surface area contributed by atoms with Gasteiger partial charge in [-0.25, -0.2) is 4.98 Å². The fourth-order valence-electron chi connectivity index (χ4n) is 1.12. The van der Waals surface area contributed by atoms with Crippen molar-refractivity contribution >= 4 is 11.3 Å². The quantitative estimate of drug-likeness (QED) is 0.815. The van der Waals surface area contributed by atoms with Crippen LogP contribution >= 0.6 is 11.3 Å². The molecule has 0 aliphatic carbocycles. The van der Waals surface area contributed by atoms with Crippen LogP contribution in [0.4, 0.5) is 0 Å². The molecule has 0 amide bonds. The van der Waals surface area contributed by atoms with Crippen LogP contribution in [0.1, 0.15) is 29.4 Å². The van der Waals surface area contributed by atoms with E-state index in [0.717, 1.165) is 17.2 Å². The molecule has 0 aromatic carbocycles. The van der Waals surface area contributed by atoms with Crippen LogP contribution in [0.3, 0.4) is 0 Å². The fraction of sp³-hybridized carbons (Fsp3) is 0.700. The monoisotopic (exact) mass is 214 g/mol. The summed E-state index contributed by atoms with van der Waals surface area (Å²) in [5.74, 6) is 0. The Kier molecular flexibility index (Phi) is 4.51. The summed E-state index contributed by atoms with van der Waals surface area (Å²) in [6, 6.07) is 0.505. The maximum absolute atomic E-state index is 5.10. The van der Waals surface area contributed by atoms with E-state index in [9.17, 15) is 0 Å². The van der Waals surface area contributed by atoms with Crippen molar-refractivity contribution in [2.75, 3.05) is 7.11 Å². The van der Waals surface area contributed by atoms with Crippen LogP contribution in [-0.4, -0.2) is 18.1 Å². The van der Waals surface area contributed by atoms with Gasteiger partial charge in [0.1, 0.15) is 5.01 Å². The fourth-order valence-corrected chi connectivity index (χ4v) is 2.11. The molecule has 14 heavy (non-hydrogen) atoms. The number of aryl methyl sites for hydroxylation is 1. The molecule has 80 valence electrons. The summed E-state index contributed by atoms with van der Waals surface area (Å²) < 4.78 is 5.10. The highest BCUT2D eigenvalue weighted by Crippen LogP contribution is 2.18. The molecule has 1 aromatic rings. The van der Waals surface area contributed by atoms with E-state index in [1.165, 1.54) is 4.88 Å². The standard InChI is InChI=1S/C10H18N2OS/c1-7(2)11-5-10-12-8(3)9(14-10)6-13-4/h7,11H,5-6H2,1-4H3. The molecular formula is C10H18N2OS. The van der Waals surface area contributed by atoms with Gasteiger partial charge in [-0.15, -0.1) is 11.3 Å². The third-order valence-corrected chi connectivity index (χ3v) is 3.00. The van der Waals surface area contributed by atoms with Gasteiger partial charge in [-0.2, -0.15) is 0 Å². The predicted octanol–water partition coefficient (Wildman–Crippen LogP) is 2.10. The SMILES string of the molecule is COCc1sc(CNC(C)C)nc1C. The van der Waals surface area contributed by atoms with Crippen molar-refractivity contribution in [1.82, 2.24) is 10.3 Å². The smallest absolute Gasteiger partial charge is 0.107 e. The highest BCUT2D eigenvalue weighted by Gasteiger charge is 2.06. The van der Waals surface area contributed by atoms with Gasteiger partial charge in [0.25, 0.3) is 0 Å². The van der Waals surface area contributed by atoms with Crippen molar-refractivity contribution in [1.29, 1.82) is 0 Å². The first-order valence-electron chi connectivity index (χ1n) is 4.81. The third kappa shape index (κ3) is 3.36. The van der Waals surface area contributed by atoms with E-state index in [1.807, 2.05) is 6.92 Å². The molecule has 0 atom stereocenters. The predicted molar refractivity (Wildman–Crippen MR) is 59.5 cm³/mol. The number of nitrogens with zero attached hydrogens (tertiary/aromatic N) is 1. The number of hydrogen-bond donors (Lipinski definition) is 1. The second-order valence-corrected chi connectivity index (χ2v) is 4.75. The summed E-state index contributed by atoms with van der Waals surface area (Å²) in [5.41, 5.74) is 1.09. The highest BCUT2D eigenvalue weighted by atomic mass is 32.1. The van der Waals surface area contributed by atoms with Crippen molar-refractivity contribution < 1.29 is 4.74 Å². The minimum Gasteiger partial charge on any atom is -0.379 e. The Hall–Kier alpha value is -0.450. The van der Waals surface area contributed by atoms with Gasteiger partial charge in [-0.05, 0) is 6.92 Å². The summed E-state index contributed by atoms with van der Waals surface area (Å²) in [6.07, 6.45) is 0. The first-order chi connectivity index (χ1) is 6.63. The van der Waals surface area contributed by atoms with E-state index in [4.69, 9.17) is 4.74 Å². The average Bonchev–Trinajstić information content (AvgIpc) is 2.45. The second-order valence-electron chi connectivity index (χ2n) is 3.58. The van der Waals surface area contributed by atoms with Crippen LogP contribution in [0.2, 0.25) is 0 Å². The van der Waals surface area contributed by atoms with Gasteiger partial charge in [0, 0.05) is 19.7 Å². The number of rotatable bonds is 5. The van der Waals surface area contributed by atoms with Gasteiger partial charge in [0.2, 0.25) is 0 Å². The van der Waals surface area contributed by atoms with Gasteiger partial charge in [-0.3, -0.25) is 0 Å². The van der Waals surface area contributed by atoms with Crippen LogP contribution in [0.5, 0.6) is 0 Å². The molecule has 0 spiro atoms. The van der Waals surface area contributed by atoms with E-state index in [-0.39, 0.29) is 0 Å². The van der Waals surface area contributed by atoms with Crippen molar-refractivity contribution in [2.45, 2.75) is 40.0 Å². The van der Waals surface area contributed by atoms with Gasteiger partial charge < -0.3 is 10.1 Å². The van der Waals surface area contributed by atoms with Gasteiger partial charge >= 0.3 is 0 Å². The van der Waals surface area contributed by atoms with E-state index in [1.54, 1.807) is 18.4 Å². The van der Waals surface area contributed by atoms with E-state index < -0.39 is 0 Å². The summed E-state index contributed by atoms with van der Waals surface area (Å²) in [6.45, 7) is 7.83. The number of ether oxygens (including phenoxy) is 1. The first-order valence-corrected chi connectivity index (χ1v) is 5.62. The van der Waals surface area contributed by atoms with Gasteiger partial charge in [0.05, 0.1) is 17.2 Å². The summed E-state index contributed by atoms with van der Waals surface area (Å²) in [4.78, 5) is 5.71. The Morgan fingerprint density at radius 3 is 2.79 bits per heavy atom. The number of thiazole rings is 1. The Bertz CT molecular complexity index is 284. The molecule has 0 saturated carbocycles. The molecule has 0 saturated heterocycles. The Balaban J connectivity index is 2.56. The molecule has 1 N–H and O–H groups in total. The Morgan fingerprint density at radius 1 is 1.50 bits per heavy atom. The van der Waals surface area contributed by atoms with Crippen LogP contribution in [-0.2, 0) is 17.9 Å². The minimum absolute atomic E-state index is 0.505. The molecule has 0 radical (unpaired) electrons. The zero-order valence-corrected chi connectivity index (χ0v) is 10.1. The van der Waals surface area contributed by atoms with E-state index >= 15 is 0 Å². The highest BCUT2D eigenvalue weighted by molar-refractivity contribution is 7.11. The van der Waals surface area contributed by atoms with Crippen LogP contribution in [0, 0.1) is 6.92 Å². The van der Waals surface area contributed by atoms with Crippen LogP contribution in [0.25, 0.3) is 0 Å². The molecule has 4 heteroatoms. The van der Waals surface area contributed by atoms with Crippen LogP contribution in [0.15, 0.2) is 0 Å². The third-order valence-electron chi connectivity index (χ3n) is 1.87. The van der Waals surface area contributed by atoms with Crippen molar-refractivity contribution in [3.63, 3.8) is 0 Å². The zero-order chi connectivity index (χ0) is 10.6. The first kappa shape index (κ1) is 11.6. The normalized spacial score (nSPS) is 11.2. The van der Waals surface area contributed by atoms with Crippen molar-refractivity contribution in [3.05, 3.63) is 15.6 Å². The summed E-state index contributed by atoms with van der Waals surface area (Å²) >= 11 is 1.73. The Morgan fingerprint density at radius 2 is 2.21 bits per heavy atom. The molecule has 0 aliphatic rings. The lowest BCUT2D eigenvalue weighted by atomic mass is 10.4. The average molecular weight is 214 g/mol. The summed E-state index contributed by atoms with van der Waals surface area (Å²) in [5, 5.41) is 4.49. The molecular weight excluding hydrogens is 196 g/mol. The lowest BCUT2D eigenvalue weighted by Crippen LogP contribution is -2.21. The number of aromatic nitrogens is 1. The molecule has 0 fully saturated rings. The summed E-state index contributed by atoms with van der Waals surface area (Å²) in [7, 11) is 1.71. The zero-order valence-electron chi connectivity index (χ0n) is 9.26. The van der Waals surface area contributed by atoms with Gasteiger partial charge in [0.15, 0.2) is 0 Å². The topological polar surface area (TPSA) is 34.1 Å². The maximum Gasteiger partial charge on any atom is 0.107 e. The van der Waals surface area contributed by atoms with E-state index in [2.05, 4.69) is 24.1 Å². The molecule has 0 unspecified atom stereocenters. The second kappa shape index (κ2) is 5.44.